The van der Waals surface area contributed by atoms with Crippen molar-refractivity contribution in [2.75, 3.05) is 19.6 Å². The lowest BCUT2D eigenvalue weighted by Gasteiger charge is -2.32. The highest BCUT2D eigenvalue weighted by Crippen LogP contribution is 2.55. The minimum absolute atomic E-state index is 0.117. The van der Waals surface area contributed by atoms with Gasteiger partial charge in [-0.25, -0.2) is 4.79 Å². The number of nitrogens with zero attached hydrogens (tertiary/aromatic N) is 2. The molecule has 96 valence electrons. The Bertz CT molecular complexity index is 327. The van der Waals surface area contributed by atoms with Crippen LogP contribution in [0.5, 0.6) is 0 Å². The highest BCUT2D eigenvalue weighted by Gasteiger charge is 2.60. The Morgan fingerprint density at radius 3 is 2.59 bits per heavy atom. The summed E-state index contributed by atoms with van der Waals surface area (Å²) in [6.45, 7) is 6.42. The van der Waals surface area contributed by atoms with Crippen molar-refractivity contribution in [3.05, 3.63) is 0 Å². The quantitative estimate of drug-likeness (QED) is 0.784. The first-order valence-electron chi connectivity index (χ1n) is 6.91. The van der Waals surface area contributed by atoms with E-state index >= 15 is 0 Å². The standard InChI is InChI=1S/C13H22N2O2/c1-3-14(4-2)13(17)15-7-9-5-8-6-10(9)11(15)12(8)16/h8-12,16H,3-7H2,1-2H3. The van der Waals surface area contributed by atoms with E-state index in [2.05, 4.69) is 0 Å². The Morgan fingerprint density at radius 1 is 1.29 bits per heavy atom. The second kappa shape index (κ2) is 3.87. The summed E-state index contributed by atoms with van der Waals surface area (Å²) < 4.78 is 0. The van der Waals surface area contributed by atoms with Crippen LogP contribution in [-0.4, -0.2) is 52.7 Å². The van der Waals surface area contributed by atoms with Crippen LogP contribution in [-0.2, 0) is 0 Å². The fourth-order valence-corrected chi connectivity index (χ4v) is 4.31. The van der Waals surface area contributed by atoms with E-state index in [1.165, 1.54) is 0 Å². The summed E-state index contributed by atoms with van der Waals surface area (Å²) in [6, 6.07) is 0.251. The zero-order valence-electron chi connectivity index (χ0n) is 10.7. The number of rotatable bonds is 2. The molecule has 3 aliphatic rings. The molecule has 2 aliphatic carbocycles. The molecule has 0 spiro atoms. The van der Waals surface area contributed by atoms with Crippen LogP contribution in [0, 0.1) is 17.8 Å². The molecule has 0 aromatic heterocycles. The SMILES string of the molecule is CCN(CC)C(=O)N1CC2CC3CC2C1C3O. The van der Waals surface area contributed by atoms with E-state index in [1.807, 2.05) is 23.6 Å². The zero-order valence-corrected chi connectivity index (χ0v) is 10.7. The minimum atomic E-state index is -0.265. The summed E-state index contributed by atoms with van der Waals surface area (Å²) in [6.07, 6.45) is 2.00. The van der Waals surface area contributed by atoms with Crippen LogP contribution in [0.3, 0.4) is 0 Å². The van der Waals surface area contributed by atoms with Gasteiger partial charge in [-0.1, -0.05) is 0 Å². The summed E-state index contributed by atoms with van der Waals surface area (Å²) in [5.74, 6) is 1.70. The van der Waals surface area contributed by atoms with Gasteiger partial charge in [0.2, 0.25) is 0 Å². The summed E-state index contributed by atoms with van der Waals surface area (Å²) >= 11 is 0. The number of aliphatic hydroxyl groups excluding tert-OH is 1. The van der Waals surface area contributed by atoms with Crippen molar-refractivity contribution < 1.29 is 9.90 Å². The van der Waals surface area contributed by atoms with Crippen LogP contribution < -0.4 is 0 Å². The predicted octanol–water partition coefficient (Wildman–Crippen LogP) is 1.15. The zero-order chi connectivity index (χ0) is 12.2. The molecule has 1 saturated heterocycles. The Balaban J connectivity index is 1.79. The Hall–Kier alpha value is -0.770. The summed E-state index contributed by atoms with van der Waals surface area (Å²) in [5.41, 5.74) is 0. The van der Waals surface area contributed by atoms with Gasteiger partial charge in [-0.2, -0.15) is 0 Å². The molecule has 17 heavy (non-hydrogen) atoms. The van der Waals surface area contributed by atoms with Crippen molar-refractivity contribution >= 4 is 6.03 Å². The third-order valence-electron chi connectivity index (χ3n) is 5.13. The highest BCUT2D eigenvalue weighted by molar-refractivity contribution is 5.75. The molecular weight excluding hydrogens is 216 g/mol. The molecule has 1 N–H and O–H groups in total. The number of urea groups is 1. The Labute approximate surface area is 103 Å². The van der Waals surface area contributed by atoms with Crippen molar-refractivity contribution in [2.45, 2.75) is 38.8 Å². The van der Waals surface area contributed by atoms with E-state index in [9.17, 15) is 9.90 Å². The number of carbonyl (C=O) groups excluding carboxylic acids is 1. The number of hydrogen-bond donors (Lipinski definition) is 1. The van der Waals surface area contributed by atoms with E-state index in [-0.39, 0.29) is 18.2 Å². The second-order valence-electron chi connectivity index (χ2n) is 5.74. The topological polar surface area (TPSA) is 43.8 Å². The van der Waals surface area contributed by atoms with E-state index in [1.54, 1.807) is 0 Å². The molecule has 2 bridgehead atoms. The molecule has 3 rings (SSSR count). The summed E-state index contributed by atoms with van der Waals surface area (Å²) in [7, 11) is 0. The number of carbonyl (C=O) groups is 1. The molecule has 2 saturated carbocycles. The van der Waals surface area contributed by atoms with Crippen LogP contribution >= 0.6 is 0 Å². The van der Waals surface area contributed by atoms with Gasteiger partial charge in [0.05, 0.1) is 12.1 Å². The lowest BCUT2D eigenvalue weighted by molar-refractivity contribution is 0.0542. The van der Waals surface area contributed by atoms with Gasteiger partial charge in [0.25, 0.3) is 0 Å². The molecule has 3 fully saturated rings. The van der Waals surface area contributed by atoms with Gasteiger partial charge in [-0.05, 0) is 44.4 Å². The first kappa shape index (κ1) is 11.3. The molecule has 2 amide bonds. The van der Waals surface area contributed by atoms with Crippen molar-refractivity contribution in [1.82, 2.24) is 9.80 Å². The smallest absolute Gasteiger partial charge is 0.320 e. The molecule has 1 heterocycles. The highest BCUT2D eigenvalue weighted by atomic mass is 16.3. The third-order valence-corrected chi connectivity index (χ3v) is 5.13. The van der Waals surface area contributed by atoms with E-state index < -0.39 is 0 Å². The van der Waals surface area contributed by atoms with Crippen molar-refractivity contribution in [2.24, 2.45) is 17.8 Å². The molecule has 0 aromatic rings. The summed E-state index contributed by atoms with van der Waals surface area (Å²) in [5, 5.41) is 10.2. The number of hydrogen-bond acceptors (Lipinski definition) is 2. The van der Waals surface area contributed by atoms with Crippen LogP contribution in [0.2, 0.25) is 0 Å². The number of fused-ring (bicyclic) bond motifs is 1. The van der Waals surface area contributed by atoms with E-state index in [0.717, 1.165) is 32.5 Å². The second-order valence-corrected chi connectivity index (χ2v) is 5.74. The molecule has 5 atom stereocenters. The average Bonchev–Trinajstić information content (AvgIpc) is 2.90. The molecule has 0 radical (unpaired) electrons. The maximum atomic E-state index is 12.4. The lowest BCUT2D eigenvalue weighted by Crippen LogP contribution is -2.49. The van der Waals surface area contributed by atoms with Crippen LogP contribution in [0.15, 0.2) is 0 Å². The van der Waals surface area contributed by atoms with Crippen molar-refractivity contribution in [3.63, 3.8) is 0 Å². The predicted molar refractivity (Wildman–Crippen MR) is 64.5 cm³/mol. The van der Waals surface area contributed by atoms with Gasteiger partial charge in [0, 0.05) is 19.6 Å². The van der Waals surface area contributed by atoms with Gasteiger partial charge in [-0.3, -0.25) is 0 Å². The van der Waals surface area contributed by atoms with Gasteiger partial charge in [0.15, 0.2) is 0 Å². The molecule has 0 aromatic carbocycles. The molecular formula is C13H22N2O2. The largest absolute Gasteiger partial charge is 0.391 e. The molecule has 5 unspecified atom stereocenters. The maximum Gasteiger partial charge on any atom is 0.320 e. The first-order chi connectivity index (χ1) is 8.17. The van der Waals surface area contributed by atoms with Crippen LogP contribution in [0.25, 0.3) is 0 Å². The van der Waals surface area contributed by atoms with E-state index in [0.29, 0.717) is 17.8 Å². The van der Waals surface area contributed by atoms with Gasteiger partial charge < -0.3 is 14.9 Å². The Kier molecular flexibility index (Phi) is 2.58. The van der Waals surface area contributed by atoms with Crippen LogP contribution in [0.4, 0.5) is 4.79 Å². The minimum Gasteiger partial charge on any atom is -0.391 e. The van der Waals surface area contributed by atoms with Crippen molar-refractivity contribution in [3.8, 4) is 0 Å². The van der Waals surface area contributed by atoms with Gasteiger partial charge in [-0.15, -0.1) is 0 Å². The number of amides is 2. The molecule has 1 aliphatic heterocycles. The number of aliphatic hydroxyl groups is 1. The van der Waals surface area contributed by atoms with E-state index in [4.69, 9.17) is 0 Å². The molecule has 4 nitrogen and oxygen atoms in total. The first-order valence-corrected chi connectivity index (χ1v) is 6.91. The maximum absolute atomic E-state index is 12.4. The van der Waals surface area contributed by atoms with Gasteiger partial charge in [0.1, 0.15) is 0 Å². The third kappa shape index (κ3) is 1.43. The average molecular weight is 238 g/mol. The Morgan fingerprint density at radius 2 is 2.00 bits per heavy atom. The monoisotopic (exact) mass is 238 g/mol. The normalized spacial score (nSPS) is 42.3. The lowest BCUT2D eigenvalue weighted by atomic mass is 9.88. The van der Waals surface area contributed by atoms with Crippen LogP contribution in [0.1, 0.15) is 26.7 Å². The number of likely N-dealkylation sites (tertiary alicyclic amines) is 1. The fourth-order valence-electron chi connectivity index (χ4n) is 4.31. The van der Waals surface area contributed by atoms with Gasteiger partial charge >= 0.3 is 6.03 Å². The summed E-state index contributed by atoms with van der Waals surface area (Å²) in [4.78, 5) is 16.2. The molecule has 4 heteroatoms. The van der Waals surface area contributed by atoms with Crippen molar-refractivity contribution in [1.29, 1.82) is 0 Å². The fraction of sp³-hybridized carbons (Fsp3) is 0.923.